The van der Waals surface area contributed by atoms with Gasteiger partial charge < -0.3 is 19.5 Å². The van der Waals surface area contributed by atoms with Crippen LogP contribution >= 0.6 is 0 Å². The standard InChI is InChI=1S/C24H31N3O7S/c1-15(2)21-11-20(8-9-27(21)24(28)29)34-23-16(3)22(25-14-26-23)33-19-6-4-17(5-7-19)10-18-12-31-35(30)32-13-18/h4-7,14-15,18,20-21H,8-13H2,1-3H3,(H,28,29)/t18?,20-,21+,35?/m1/s1. The fourth-order valence-corrected chi connectivity index (χ4v) is 5.06. The summed E-state index contributed by atoms with van der Waals surface area (Å²) in [5.41, 5.74) is 1.78. The number of aromatic nitrogens is 2. The molecule has 0 bridgehead atoms. The molecule has 0 spiro atoms. The zero-order valence-electron chi connectivity index (χ0n) is 20.1. The highest BCUT2D eigenvalue weighted by Crippen LogP contribution is 2.31. The van der Waals surface area contributed by atoms with Crippen LogP contribution < -0.4 is 9.47 Å². The Morgan fingerprint density at radius 1 is 1.20 bits per heavy atom. The van der Waals surface area contributed by atoms with Gasteiger partial charge in [-0.15, -0.1) is 0 Å². The summed E-state index contributed by atoms with van der Waals surface area (Å²) in [5.74, 6) is 1.82. The maximum atomic E-state index is 11.6. The van der Waals surface area contributed by atoms with Gasteiger partial charge >= 0.3 is 17.5 Å². The largest absolute Gasteiger partial charge is 0.474 e. The molecule has 1 aromatic carbocycles. The minimum absolute atomic E-state index is 0.100. The average molecular weight is 506 g/mol. The quantitative estimate of drug-likeness (QED) is 0.597. The second-order valence-corrected chi connectivity index (χ2v) is 10.1. The second-order valence-electron chi connectivity index (χ2n) is 9.25. The molecule has 0 saturated carbocycles. The summed E-state index contributed by atoms with van der Waals surface area (Å²) in [6.07, 6.45) is 2.34. The third-order valence-corrected chi connectivity index (χ3v) is 7.00. The van der Waals surface area contributed by atoms with Crippen molar-refractivity contribution >= 4 is 17.5 Å². The van der Waals surface area contributed by atoms with Gasteiger partial charge in [-0.3, -0.25) is 8.37 Å². The molecule has 4 rings (SSSR count). The predicted molar refractivity (Wildman–Crippen MR) is 128 cm³/mol. The van der Waals surface area contributed by atoms with E-state index in [1.165, 1.54) is 11.2 Å². The Balaban J connectivity index is 1.37. The summed E-state index contributed by atoms with van der Waals surface area (Å²) in [6.45, 7) is 7.13. The minimum Gasteiger partial charge on any atom is -0.474 e. The molecule has 0 radical (unpaired) electrons. The van der Waals surface area contributed by atoms with Crippen LogP contribution in [0.2, 0.25) is 0 Å². The van der Waals surface area contributed by atoms with Crippen molar-refractivity contribution in [2.45, 2.75) is 52.2 Å². The van der Waals surface area contributed by atoms with Crippen molar-refractivity contribution in [2.75, 3.05) is 19.8 Å². The van der Waals surface area contributed by atoms with E-state index in [4.69, 9.17) is 17.8 Å². The van der Waals surface area contributed by atoms with Gasteiger partial charge in [-0.25, -0.2) is 14.8 Å². The summed E-state index contributed by atoms with van der Waals surface area (Å²) < 4.78 is 33.4. The number of piperidine rings is 1. The number of likely N-dealkylation sites (tertiary alicyclic amines) is 1. The number of rotatable bonds is 7. The molecule has 2 saturated heterocycles. The summed E-state index contributed by atoms with van der Waals surface area (Å²) in [7, 11) is 0. The molecule has 0 unspecified atom stereocenters. The number of benzene rings is 1. The van der Waals surface area contributed by atoms with Gasteiger partial charge in [0.2, 0.25) is 11.8 Å². The Hall–Kier alpha value is -2.76. The predicted octanol–water partition coefficient (Wildman–Crippen LogP) is 3.91. The lowest BCUT2D eigenvalue weighted by molar-refractivity contribution is 0.0360. The number of ether oxygens (including phenoxy) is 2. The lowest BCUT2D eigenvalue weighted by atomic mass is 9.91. The molecule has 2 atom stereocenters. The van der Waals surface area contributed by atoms with Crippen LogP contribution in [0.1, 0.15) is 37.8 Å². The number of hydrogen-bond donors (Lipinski definition) is 1. The van der Waals surface area contributed by atoms with Crippen molar-refractivity contribution in [3.8, 4) is 17.5 Å². The monoisotopic (exact) mass is 505 g/mol. The molecule has 11 heteroatoms. The van der Waals surface area contributed by atoms with Gasteiger partial charge in [0.15, 0.2) is 0 Å². The van der Waals surface area contributed by atoms with E-state index in [0.717, 1.165) is 12.0 Å². The van der Waals surface area contributed by atoms with Gasteiger partial charge in [0, 0.05) is 31.3 Å². The van der Waals surface area contributed by atoms with E-state index in [1.807, 2.05) is 45.0 Å². The summed E-state index contributed by atoms with van der Waals surface area (Å²) >= 11 is -1.63. The van der Waals surface area contributed by atoms with Crippen molar-refractivity contribution in [1.29, 1.82) is 0 Å². The highest BCUT2D eigenvalue weighted by atomic mass is 32.2. The first-order chi connectivity index (χ1) is 16.8. The fourth-order valence-electron chi connectivity index (χ4n) is 4.38. The van der Waals surface area contributed by atoms with Crippen molar-refractivity contribution in [1.82, 2.24) is 14.9 Å². The highest BCUT2D eigenvalue weighted by Gasteiger charge is 2.34. The summed E-state index contributed by atoms with van der Waals surface area (Å²) in [4.78, 5) is 21.6. The molecule has 3 heterocycles. The smallest absolute Gasteiger partial charge is 0.407 e. The molecular formula is C24H31N3O7S. The summed E-state index contributed by atoms with van der Waals surface area (Å²) in [5, 5.41) is 9.49. The van der Waals surface area contributed by atoms with Crippen molar-refractivity contribution in [2.24, 2.45) is 11.8 Å². The lowest BCUT2D eigenvalue weighted by Gasteiger charge is -2.39. The lowest BCUT2D eigenvalue weighted by Crippen LogP contribution is -2.50. The molecule has 35 heavy (non-hydrogen) atoms. The Bertz CT molecular complexity index is 1040. The Morgan fingerprint density at radius 3 is 2.54 bits per heavy atom. The number of carboxylic acid groups (broad SMARTS) is 1. The van der Waals surface area contributed by atoms with Crippen LogP contribution in [-0.2, 0) is 26.1 Å². The third kappa shape index (κ3) is 6.47. The first kappa shape index (κ1) is 25.3. The van der Waals surface area contributed by atoms with Gasteiger partial charge in [-0.05, 0) is 37.0 Å². The molecule has 1 aromatic heterocycles. The molecule has 2 aliphatic rings. The number of nitrogens with zero attached hydrogens (tertiary/aromatic N) is 3. The Morgan fingerprint density at radius 2 is 1.89 bits per heavy atom. The van der Waals surface area contributed by atoms with E-state index in [9.17, 15) is 14.1 Å². The Labute approximate surface area is 207 Å². The molecule has 2 aliphatic heterocycles. The maximum absolute atomic E-state index is 11.6. The first-order valence-corrected chi connectivity index (χ1v) is 12.7. The van der Waals surface area contributed by atoms with Gasteiger partial charge in [0.25, 0.3) is 0 Å². The molecule has 2 aromatic rings. The van der Waals surface area contributed by atoms with Gasteiger partial charge in [0.1, 0.15) is 18.2 Å². The summed E-state index contributed by atoms with van der Waals surface area (Å²) in [6, 6.07) is 7.58. The molecular weight excluding hydrogens is 474 g/mol. The van der Waals surface area contributed by atoms with Gasteiger partial charge in [-0.2, -0.15) is 4.21 Å². The van der Waals surface area contributed by atoms with Crippen LogP contribution in [0.5, 0.6) is 17.5 Å². The zero-order valence-corrected chi connectivity index (χ0v) is 20.9. The fraction of sp³-hybridized carbons (Fsp3) is 0.542. The van der Waals surface area contributed by atoms with E-state index < -0.39 is 17.5 Å². The van der Waals surface area contributed by atoms with Gasteiger partial charge in [-0.1, -0.05) is 26.0 Å². The molecule has 190 valence electrons. The first-order valence-electron chi connectivity index (χ1n) is 11.7. The zero-order chi connectivity index (χ0) is 24.9. The van der Waals surface area contributed by atoms with Crippen LogP contribution in [0.4, 0.5) is 4.79 Å². The number of amides is 1. The normalized spacial score (nSPS) is 24.9. The van der Waals surface area contributed by atoms with Crippen molar-refractivity contribution in [3.63, 3.8) is 0 Å². The van der Waals surface area contributed by atoms with Crippen LogP contribution in [0.15, 0.2) is 30.6 Å². The molecule has 2 fully saturated rings. The third-order valence-electron chi connectivity index (χ3n) is 6.34. The van der Waals surface area contributed by atoms with Crippen LogP contribution in [-0.4, -0.2) is 62.2 Å². The van der Waals surface area contributed by atoms with E-state index in [1.54, 1.807) is 0 Å². The maximum Gasteiger partial charge on any atom is 0.407 e. The van der Waals surface area contributed by atoms with Gasteiger partial charge in [0.05, 0.1) is 18.8 Å². The highest BCUT2D eigenvalue weighted by molar-refractivity contribution is 7.75. The van der Waals surface area contributed by atoms with E-state index >= 15 is 0 Å². The topological polar surface area (TPSA) is 120 Å². The number of carbonyl (C=O) groups is 1. The van der Waals surface area contributed by atoms with Crippen LogP contribution in [0.25, 0.3) is 0 Å². The van der Waals surface area contributed by atoms with Crippen LogP contribution in [0, 0.1) is 18.8 Å². The molecule has 1 N–H and O–H groups in total. The van der Waals surface area contributed by atoms with E-state index in [0.29, 0.717) is 55.7 Å². The van der Waals surface area contributed by atoms with E-state index in [2.05, 4.69) is 9.97 Å². The Kier molecular flexibility index (Phi) is 8.19. The van der Waals surface area contributed by atoms with E-state index in [-0.39, 0.29) is 24.0 Å². The molecule has 1 amide bonds. The average Bonchev–Trinajstić information content (AvgIpc) is 2.84. The minimum atomic E-state index is -1.63. The van der Waals surface area contributed by atoms with Crippen molar-refractivity contribution < 1.29 is 31.9 Å². The number of hydrogen-bond acceptors (Lipinski definition) is 8. The molecule has 0 aliphatic carbocycles. The molecule has 10 nitrogen and oxygen atoms in total. The van der Waals surface area contributed by atoms with Crippen molar-refractivity contribution in [3.05, 3.63) is 41.7 Å². The van der Waals surface area contributed by atoms with Crippen LogP contribution in [0.3, 0.4) is 0 Å². The second kappa shape index (κ2) is 11.3. The SMILES string of the molecule is Cc1c(Oc2ccc(CC3COS(=O)OC3)cc2)ncnc1O[C@@H]1CCN(C(=O)O)[C@H](C(C)C)C1.